The maximum atomic E-state index is 3.62. The van der Waals surface area contributed by atoms with Gasteiger partial charge in [0.15, 0.2) is 0 Å². The number of fused-ring (bicyclic) bond motifs is 2. The molecule has 1 aliphatic carbocycles. The number of hydrogen-bond acceptors (Lipinski definition) is 3. The van der Waals surface area contributed by atoms with Gasteiger partial charge in [-0.15, -0.1) is 0 Å². The summed E-state index contributed by atoms with van der Waals surface area (Å²) >= 11 is 0. The Bertz CT molecular complexity index is 499. The lowest BCUT2D eigenvalue weighted by molar-refractivity contribution is 0.245. The zero-order valence-corrected chi connectivity index (χ0v) is 12.3. The van der Waals surface area contributed by atoms with Crippen molar-refractivity contribution < 1.29 is 0 Å². The van der Waals surface area contributed by atoms with Crippen LogP contribution < -0.4 is 16.2 Å². The van der Waals surface area contributed by atoms with E-state index in [4.69, 9.17) is 0 Å². The lowest BCUT2D eigenvalue weighted by Gasteiger charge is -2.33. The van der Waals surface area contributed by atoms with E-state index in [9.17, 15) is 0 Å². The van der Waals surface area contributed by atoms with E-state index in [2.05, 4.69) is 41.3 Å². The Balaban J connectivity index is 1.67. The SMILES string of the molecule is CC1CCC2NNC(c3cccc4c3CCNC4)C2C1. The Labute approximate surface area is 121 Å². The van der Waals surface area contributed by atoms with E-state index in [1.54, 1.807) is 11.1 Å². The summed E-state index contributed by atoms with van der Waals surface area (Å²) in [5.74, 6) is 1.64. The Kier molecular flexibility index (Phi) is 3.29. The van der Waals surface area contributed by atoms with Gasteiger partial charge in [-0.25, -0.2) is 5.43 Å². The van der Waals surface area contributed by atoms with Crippen LogP contribution in [-0.4, -0.2) is 12.6 Å². The normalized spacial score (nSPS) is 36.5. The number of benzene rings is 1. The Hall–Kier alpha value is -0.900. The summed E-state index contributed by atoms with van der Waals surface area (Å²) < 4.78 is 0. The van der Waals surface area contributed by atoms with Gasteiger partial charge in [0.2, 0.25) is 0 Å². The molecular weight excluding hydrogens is 246 g/mol. The zero-order valence-electron chi connectivity index (χ0n) is 12.3. The van der Waals surface area contributed by atoms with Crippen molar-refractivity contribution in [1.29, 1.82) is 0 Å². The molecule has 1 saturated carbocycles. The van der Waals surface area contributed by atoms with Crippen molar-refractivity contribution in [2.45, 2.75) is 51.2 Å². The van der Waals surface area contributed by atoms with E-state index < -0.39 is 0 Å². The highest BCUT2D eigenvalue weighted by molar-refractivity contribution is 5.39. The van der Waals surface area contributed by atoms with Crippen molar-refractivity contribution in [2.24, 2.45) is 11.8 Å². The van der Waals surface area contributed by atoms with Crippen molar-refractivity contribution >= 4 is 0 Å². The van der Waals surface area contributed by atoms with Crippen LogP contribution in [0.2, 0.25) is 0 Å². The predicted octanol–water partition coefficient (Wildman–Crippen LogP) is 2.29. The molecule has 4 rings (SSSR count). The molecule has 0 radical (unpaired) electrons. The molecule has 20 heavy (non-hydrogen) atoms. The summed E-state index contributed by atoms with van der Waals surface area (Å²) in [5, 5.41) is 3.49. The molecule has 3 aliphatic rings. The van der Waals surface area contributed by atoms with E-state index in [1.807, 2.05) is 0 Å². The molecule has 3 nitrogen and oxygen atoms in total. The molecule has 2 aliphatic heterocycles. The maximum Gasteiger partial charge on any atom is 0.0508 e. The van der Waals surface area contributed by atoms with Gasteiger partial charge in [-0.1, -0.05) is 25.1 Å². The standard InChI is InChI=1S/C17H25N3/c1-11-5-6-16-15(9-11)17(20-19-16)14-4-2-3-12-10-18-8-7-13(12)14/h2-4,11,15-20H,5-10H2,1H3. The van der Waals surface area contributed by atoms with Gasteiger partial charge < -0.3 is 5.32 Å². The largest absolute Gasteiger partial charge is 0.312 e. The van der Waals surface area contributed by atoms with Crippen LogP contribution in [0.5, 0.6) is 0 Å². The van der Waals surface area contributed by atoms with E-state index >= 15 is 0 Å². The molecule has 0 bridgehead atoms. The summed E-state index contributed by atoms with van der Waals surface area (Å²) in [6.45, 7) is 4.57. The zero-order chi connectivity index (χ0) is 13.5. The fourth-order valence-electron chi connectivity index (χ4n) is 4.44. The topological polar surface area (TPSA) is 36.1 Å². The highest BCUT2D eigenvalue weighted by Gasteiger charge is 2.40. The molecular formula is C17H25N3. The van der Waals surface area contributed by atoms with Crippen LogP contribution >= 0.6 is 0 Å². The summed E-state index contributed by atoms with van der Waals surface area (Å²) in [5.41, 5.74) is 11.8. The fraction of sp³-hybridized carbons (Fsp3) is 0.647. The lowest BCUT2D eigenvalue weighted by Crippen LogP contribution is -2.34. The molecule has 2 heterocycles. The second-order valence-electron chi connectivity index (χ2n) is 6.87. The Morgan fingerprint density at radius 2 is 2.10 bits per heavy atom. The second kappa shape index (κ2) is 5.14. The highest BCUT2D eigenvalue weighted by Crippen LogP contribution is 2.41. The van der Waals surface area contributed by atoms with Crippen molar-refractivity contribution in [1.82, 2.24) is 16.2 Å². The molecule has 0 spiro atoms. The van der Waals surface area contributed by atoms with Crippen molar-refractivity contribution in [3.63, 3.8) is 0 Å². The van der Waals surface area contributed by atoms with Crippen LogP contribution in [0.4, 0.5) is 0 Å². The molecule has 2 fully saturated rings. The van der Waals surface area contributed by atoms with Gasteiger partial charge in [0.25, 0.3) is 0 Å². The minimum atomic E-state index is 0.510. The minimum absolute atomic E-state index is 0.510. The van der Waals surface area contributed by atoms with Crippen LogP contribution in [0.25, 0.3) is 0 Å². The first kappa shape index (κ1) is 12.8. The van der Waals surface area contributed by atoms with E-state index in [1.165, 1.54) is 31.2 Å². The van der Waals surface area contributed by atoms with Crippen molar-refractivity contribution in [2.75, 3.05) is 6.54 Å². The molecule has 3 N–H and O–H groups in total. The number of hydrogen-bond donors (Lipinski definition) is 3. The van der Waals surface area contributed by atoms with Gasteiger partial charge in [-0.05, 0) is 60.8 Å². The third-order valence-electron chi connectivity index (χ3n) is 5.53. The van der Waals surface area contributed by atoms with Crippen molar-refractivity contribution in [3.05, 3.63) is 34.9 Å². The van der Waals surface area contributed by atoms with Gasteiger partial charge in [0.1, 0.15) is 0 Å². The van der Waals surface area contributed by atoms with Crippen LogP contribution in [-0.2, 0) is 13.0 Å². The molecule has 3 heteroatoms. The first-order chi connectivity index (χ1) is 9.83. The molecule has 1 aromatic carbocycles. The van der Waals surface area contributed by atoms with Gasteiger partial charge in [0, 0.05) is 12.6 Å². The van der Waals surface area contributed by atoms with Gasteiger partial charge >= 0.3 is 0 Å². The average Bonchev–Trinajstić information content (AvgIpc) is 2.89. The van der Waals surface area contributed by atoms with Crippen LogP contribution in [0.1, 0.15) is 48.9 Å². The molecule has 1 saturated heterocycles. The van der Waals surface area contributed by atoms with Gasteiger partial charge in [-0.2, -0.15) is 0 Å². The van der Waals surface area contributed by atoms with Crippen molar-refractivity contribution in [3.8, 4) is 0 Å². The molecule has 1 aromatic rings. The fourth-order valence-corrected chi connectivity index (χ4v) is 4.44. The number of rotatable bonds is 1. The maximum absolute atomic E-state index is 3.62. The second-order valence-corrected chi connectivity index (χ2v) is 6.87. The molecule has 108 valence electrons. The summed E-state index contributed by atoms with van der Waals surface area (Å²) in [6, 6.07) is 8.06. The Morgan fingerprint density at radius 1 is 1.15 bits per heavy atom. The third-order valence-corrected chi connectivity index (χ3v) is 5.53. The summed E-state index contributed by atoms with van der Waals surface area (Å²) in [6.07, 6.45) is 5.24. The summed E-state index contributed by atoms with van der Waals surface area (Å²) in [7, 11) is 0. The minimum Gasteiger partial charge on any atom is -0.312 e. The highest BCUT2D eigenvalue weighted by atomic mass is 15.4. The monoisotopic (exact) mass is 271 g/mol. The summed E-state index contributed by atoms with van der Waals surface area (Å²) in [4.78, 5) is 0. The van der Waals surface area contributed by atoms with E-state index in [0.29, 0.717) is 12.1 Å². The number of nitrogens with one attached hydrogen (secondary N) is 3. The van der Waals surface area contributed by atoms with E-state index in [-0.39, 0.29) is 0 Å². The van der Waals surface area contributed by atoms with Crippen LogP contribution in [0.15, 0.2) is 18.2 Å². The molecule has 0 aromatic heterocycles. The lowest BCUT2D eigenvalue weighted by atomic mass is 9.74. The van der Waals surface area contributed by atoms with Crippen LogP contribution in [0.3, 0.4) is 0 Å². The van der Waals surface area contributed by atoms with Gasteiger partial charge in [0.05, 0.1) is 6.04 Å². The third kappa shape index (κ3) is 2.09. The quantitative estimate of drug-likeness (QED) is 0.733. The molecule has 0 amide bonds. The first-order valence-electron chi connectivity index (χ1n) is 8.15. The van der Waals surface area contributed by atoms with Crippen LogP contribution in [0, 0.1) is 11.8 Å². The van der Waals surface area contributed by atoms with Gasteiger partial charge in [-0.3, -0.25) is 5.43 Å². The molecule has 4 atom stereocenters. The first-order valence-corrected chi connectivity index (χ1v) is 8.15. The smallest absolute Gasteiger partial charge is 0.0508 e. The predicted molar refractivity (Wildman–Crippen MR) is 81.2 cm³/mol. The Morgan fingerprint density at radius 3 is 3.05 bits per heavy atom. The van der Waals surface area contributed by atoms with E-state index in [0.717, 1.165) is 24.9 Å². The molecule has 4 unspecified atom stereocenters. The average molecular weight is 271 g/mol. The number of hydrazine groups is 1.